The molecule has 1 aromatic heterocycles. The van der Waals surface area contributed by atoms with Crippen molar-refractivity contribution < 1.29 is 4.74 Å². The van der Waals surface area contributed by atoms with Crippen molar-refractivity contribution in [1.82, 2.24) is 9.78 Å². The van der Waals surface area contributed by atoms with Crippen LogP contribution in [-0.2, 0) is 17.9 Å². The topological polar surface area (TPSA) is 27.1 Å². The quantitative estimate of drug-likeness (QED) is 0.816. The molecule has 4 heteroatoms. The van der Waals surface area contributed by atoms with Gasteiger partial charge in [-0.3, -0.25) is 4.68 Å². The Hall–Kier alpha value is -1.32. The smallest absolute Gasteiger partial charge is 0.0785 e. The molecule has 0 bridgehead atoms. The first kappa shape index (κ1) is 11.2. The maximum atomic E-state index is 5.79. The van der Waals surface area contributed by atoms with Gasteiger partial charge in [-0.1, -0.05) is 35.9 Å². The van der Waals surface area contributed by atoms with Crippen LogP contribution >= 0.6 is 11.6 Å². The highest BCUT2D eigenvalue weighted by molar-refractivity contribution is 6.30. The molecular weight excluding hydrogens is 224 g/mol. The molecule has 2 rings (SSSR count). The number of hydrogen-bond acceptors (Lipinski definition) is 2. The van der Waals surface area contributed by atoms with Gasteiger partial charge >= 0.3 is 0 Å². The van der Waals surface area contributed by atoms with Crippen LogP contribution in [0.2, 0.25) is 5.02 Å². The second kappa shape index (κ2) is 5.14. The van der Waals surface area contributed by atoms with E-state index in [4.69, 9.17) is 16.3 Å². The molecule has 0 saturated carbocycles. The van der Waals surface area contributed by atoms with Crippen molar-refractivity contribution in [1.29, 1.82) is 0 Å². The van der Waals surface area contributed by atoms with Crippen LogP contribution in [0.5, 0.6) is 0 Å². The third kappa shape index (κ3) is 2.84. The molecule has 3 nitrogen and oxygen atoms in total. The van der Waals surface area contributed by atoms with Gasteiger partial charge in [0.05, 0.1) is 24.4 Å². The number of hydrogen-bond donors (Lipinski definition) is 0. The van der Waals surface area contributed by atoms with E-state index in [9.17, 15) is 0 Å². The predicted molar refractivity (Wildman–Crippen MR) is 63.5 cm³/mol. The summed E-state index contributed by atoms with van der Waals surface area (Å²) in [5, 5.41) is 4.79. The molecule has 0 radical (unpaired) electrons. The van der Waals surface area contributed by atoms with Crippen molar-refractivity contribution in [2.75, 3.05) is 7.11 Å². The lowest BCUT2D eigenvalue weighted by molar-refractivity contribution is 0.185. The first-order chi connectivity index (χ1) is 7.78. The van der Waals surface area contributed by atoms with Crippen molar-refractivity contribution in [3.63, 3.8) is 0 Å². The standard InChI is InChI=1S/C12H13ClN2O/c1-16-9-11-4-2-10(3-5-11)7-15-8-12(13)6-14-15/h2-6,8H,7,9H2,1H3. The molecule has 0 N–H and O–H groups in total. The highest BCUT2D eigenvalue weighted by atomic mass is 35.5. The summed E-state index contributed by atoms with van der Waals surface area (Å²) in [5.41, 5.74) is 2.37. The molecule has 0 aliphatic carbocycles. The van der Waals surface area contributed by atoms with Crippen LogP contribution in [0.4, 0.5) is 0 Å². The Morgan fingerprint density at radius 1 is 1.25 bits per heavy atom. The lowest BCUT2D eigenvalue weighted by atomic mass is 10.1. The number of rotatable bonds is 4. The molecule has 2 aromatic rings. The predicted octanol–water partition coefficient (Wildman–Crippen LogP) is 2.73. The lowest BCUT2D eigenvalue weighted by Crippen LogP contribution is -1.99. The molecule has 0 amide bonds. The van der Waals surface area contributed by atoms with Crippen molar-refractivity contribution in [2.45, 2.75) is 13.2 Å². The van der Waals surface area contributed by atoms with Crippen LogP contribution in [0.3, 0.4) is 0 Å². The number of nitrogens with zero attached hydrogens (tertiary/aromatic N) is 2. The number of benzene rings is 1. The molecule has 84 valence electrons. The normalized spacial score (nSPS) is 10.6. The third-order valence-corrected chi connectivity index (χ3v) is 2.48. The molecule has 16 heavy (non-hydrogen) atoms. The average molecular weight is 237 g/mol. The van der Waals surface area contributed by atoms with Crippen LogP contribution in [-0.4, -0.2) is 16.9 Å². The third-order valence-electron chi connectivity index (χ3n) is 2.28. The molecule has 0 unspecified atom stereocenters. The van der Waals surface area contributed by atoms with Crippen LogP contribution in [0.25, 0.3) is 0 Å². The fraction of sp³-hybridized carbons (Fsp3) is 0.250. The Labute approximate surface area is 99.6 Å². The molecule has 1 aromatic carbocycles. The average Bonchev–Trinajstić information content (AvgIpc) is 2.67. The zero-order valence-corrected chi connectivity index (χ0v) is 9.81. The van der Waals surface area contributed by atoms with Crippen molar-refractivity contribution in [3.8, 4) is 0 Å². The zero-order chi connectivity index (χ0) is 11.4. The van der Waals surface area contributed by atoms with Gasteiger partial charge in [0.15, 0.2) is 0 Å². The van der Waals surface area contributed by atoms with Gasteiger partial charge in [0.25, 0.3) is 0 Å². The Morgan fingerprint density at radius 3 is 2.50 bits per heavy atom. The second-order valence-electron chi connectivity index (χ2n) is 3.61. The van der Waals surface area contributed by atoms with E-state index in [0.717, 1.165) is 6.54 Å². The Morgan fingerprint density at radius 2 is 1.94 bits per heavy atom. The van der Waals surface area contributed by atoms with Gasteiger partial charge in [0.1, 0.15) is 0 Å². The lowest BCUT2D eigenvalue weighted by Gasteiger charge is -2.03. The summed E-state index contributed by atoms with van der Waals surface area (Å²) in [5.74, 6) is 0. The van der Waals surface area contributed by atoms with Crippen LogP contribution in [0.1, 0.15) is 11.1 Å². The molecule has 0 atom stereocenters. The van der Waals surface area contributed by atoms with Crippen LogP contribution in [0, 0.1) is 0 Å². The van der Waals surface area contributed by atoms with Gasteiger partial charge in [-0.15, -0.1) is 0 Å². The number of ether oxygens (including phenoxy) is 1. The molecule has 0 spiro atoms. The number of methoxy groups -OCH3 is 1. The van der Waals surface area contributed by atoms with Crippen molar-refractivity contribution >= 4 is 11.6 Å². The van der Waals surface area contributed by atoms with Crippen LogP contribution < -0.4 is 0 Å². The first-order valence-electron chi connectivity index (χ1n) is 5.02. The maximum Gasteiger partial charge on any atom is 0.0785 e. The molecule has 0 saturated heterocycles. The maximum absolute atomic E-state index is 5.79. The number of aromatic nitrogens is 2. The molecule has 0 aliphatic heterocycles. The van der Waals surface area contributed by atoms with Gasteiger partial charge in [0, 0.05) is 13.3 Å². The largest absolute Gasteiger partial charge is 0.380 e. The Balaban J connectivity index is 2.05. The minimum atomic E-state index is 0.647. The van der Waals surface area contributed by atoms with E-state index in [1.807, 2.05) is 10.9 Å². The minimum Gasteiger partial charge on any atom is -0.380 e. The zero-order valence-electron chi connectivity index (χ0n) is 9.06. The van der Waals surface area contributed by atoms with Gasteiger partial charge in [-0.05, 0) is 11.1 Å². The van der Waals surface area contributed by atoms with E-state index in [1.54, 1.807) is 13.3 Å². The van der Waals surface area contributed by atoms with E-state index in [1.165, 1.54) is 11.1 Å². The highest BCUT2D eigenvalue weighted by Gasteiger charge is 1.98. The Kier molecular flexibility index (Phi) is 3.59. The first-order valence-corrected chi connectivity index (χ1v) is 5.40. The van der Waals surface area contributed by atoms with E-state index in [0.29, 0.717) is 11.6 Å². The van der Waals surface area contributed by atoms with Crippen molar-refractivity contribution in [3.05, 3.63) is 52.8 Å². The van der Waals surface area contributed by atoms with Gasteiger partial charge in [-0.25, -0.2) is 0 Å². The van der Waals surface area contributed by atoms with Gasteiger partial charge < -0.3 is 4.74 Å². The van der Waals surface area contributed by atoms with Gasteiger partial charge in [-0.2, -0.15) is 5.10 Å². The van der Waals surface area contributed by atoms with E-state index in [2.05, 4.69) is 29.4 Å². The molecule has 0 fully saturated rings. The fourth-order valence-corrected chi connectivity index (χ4v) is 1.68. The highest BCUT2D eigenvalue weighted by Crippen LogP contribution is 2.09. The molecule has 0 aliphatic rings. The van der Waals surface area contributed by atoms with Crippen LogP contribution in [0.15, 0.2) is 36.7 Å². The summed E-state index contributed by atoms with van der Waals surface area (Å²) in [6, 6.07) is 8.27. The summed E-state index contributed by atoms with van der Waals surface area (Å²) in [7, 11) is 1.69. The fourth-order valence-electron chi connectivity index (χ4n) is 1.52. The number of halogens is 1. The van der Waals surface area contributed by atoms with Gasteiger partial charge in [0.2, 0.25) is 0 Å². The Bertz CT molecular complexity index is 450. The second-order valence-corrected chi connectivity index (χ2v) is 4.04. The van der Waals surface area contributed by atoms with E-state index in [-0.39, 0.29) is 0 Å². The SMILES string of the molecule is COCc1ccc(Cn2cc(Cl)cn2)cc1. The summed E-state index contributed by atoms with van der Waals surface area (Å²) in [6.07, 6.45) is 3.45. The van der Waals surface area contributed by atoms with E-state index < -0.39 is 0 Å². The summed E-state index contributed by atoms with van der Waals surface area (Å²) >= 11 is 5.79. The summed E-state index contributed by atoms with van der Waals surface area (Å²) in [4.78, 5) is 0. The van der Waals surface area contributed by atoms with Crippen molar-refractivity contribution in [2.24, 2.45) is 0 Å². The van der Waals surface area contributed by atoms with E-state index >= 15 is 0 Å². The molecule has 1 heterocycles. The molecular formula is C12H13ClN2O. The monoisotopic (exact) mass is 236 g/mol. The summed E-state index contributed by atoms with van der Waals surface area (Å²) < 4.78 is 6.87. The summed E-state index contributed by atoms with van der Waals surface area (Å²) in [6.45, 7) is 1.38. The minimum absolute atomic E-state index is 0.647.